The summed E-state index contributed by atoms with van der Waals surface area (Å²) in [7, 11) is -3.79. The standard InChI is InChI=1S/C19H20F2N2O4S/c20-19(21)27-17-11-5-4-7-14(17)13-22-18(24)16-10-6-12-23(16)28(25,26)15-8-2-1-3-9-15/h1-5,7-9,11,16,19H,6,10,12-13H2,(H,22,24)/t16-/m0/s1. The fraction of sp³-hybridized carbons (Fsp3) is 0.316. The third-order valence-corrected chi connectivity index (χ3v) is 6.42. The number of ether oxygens (including phenoxy) is 1. The summed E-state index contributed by atoms with van der Waals surface area (Å²) >= 11 is 0. The maximum atomic E-state index is 12.8. The molecule has 1 N–H and O–H groups in total. The van der Waals surface area contributed by atoms with Crippen LogP contribution in [0.5, 0.6) is 5.75 Å². The van der Waals surface area contributed by atoms with Crippen LogP contribution in [0.4, 0.5) is 8.78 Å². The summed E-state index contributed by atoms with van der Waals surface area (Å²) in [5.74, 6) is -0.498. The Morgan fingerprint density at radius 3 is 2.54 bits per heavy atom. The molecule has 6 nitrogen and oxygen atoms in total. The van der Waals surface area contributed by atoms with Crippen molar-refractivity contribution in [2.75, 3.05) is 6.54 Å². The number of amides is 1. The number of rotatable bonds is 7. The molecule has 1 saturated heterocycles. The predicted molar refractivity (Wildman–Crippen MR) is 98.3 cm³/mol. The molecule has 0 bridgehead atoms. The summed E-state index contributed by atoms with van der Waals surface area (Å²) in [4.78, 5) is 12.8. The Hall–Kier alpha value is -2.52. The van der Waals surface area contributed by atoms with Gasteiger partial charge in [0.05, 0.1) is 4.90 Å². The maximum absolute atomic E-state index is 12.8. The van der Waals surface area contributed by atoms with Crippen LogP contribution in [0.25, 0.3) is 0 Å². The number of alkyl halides is 2. The molecule has 0 aliphatic carbocycles. The van der Waals surface area contributed by atoms with Crippen molar-refractivity contribution >= 4 is 15.9 Å². The average molecular weight is 410 g/mol. The monoisotopic (exact) mass is 410 g/mol. The zero-order chi connectivity index (χ0) is 20.1. The number of para-hydroxylation sites is 1. The second-order valence-corrected chi connectivity index (χ2v) is 8.18. The Morgan fingerprint density at radius 2 is 1.82 bits per heavy atom. The van der Waals surface area contributed by atoms with Crippen molar-refractivity contribution in [2.24, 2.45) is 0 Å². The molecule has 2 aromatic rings. The summed E-state index contributed by atoms with van der Waals surface area (Å²) in [6, 6.07) is 13.2. The van der Waals surface area contributed by atoms with Crippen LogP contribution in [-0.4, -0.2) is 37.8 Å². The molecule has 0 spiro atoms. The lowest BCUT2D eigenvalue weighted by Crippen LogP contribution is -2.45. The van der Waals surface area contributed by atoms with Gasteiger partial charge in [-0.05, 0) is 31.0 Å². The highest BCUT2D eigenvalue weighted by Crippen LogP contribution is 2.26. The van der Waals surface area contributed by atoms with E-state index >= 15 is 0 Å². The number of nitrogens with one attached hydrogen (secondary N) is 1. The molecule has 9 heteroatoms. The van der Waals surface area contributed by atoms with Crippen LogP contribution in [-0.2, 0) is 21.4 Å². The van der Waals surface area contributed by atoms with E-state index in [2.05, 4.69) is 10.1 Å². The molecule has 1 aliphatic heterocycles. The molecular weight excluding hydrogens is 390 g/mol. The Morgan fingerprint density at radius 1 is 1.14 bits per heavy atom. The minimum Gasteiger partial charge on any atom is -0.434 e. The quantitative estimate of drug-likeness (QED) is 0.762. The van der Waals surface area contributed by atoms with Gasteiger partial charge in [0.15, 0.2) is 0 Å². The largest absolute Gasteiger partial charge is 0.434 e. The Bertz CT molecular complexity index is 923. The number of benzene rings is 2. The van der Waals surface area contributed by atoms with Gasteiger partial charge < -0.3 is 10.1 Å². The molecular formula is C19H20F2N2O4S. The van der Waals surface area contributed by atoms with Crippen molar-refractivity contribution in [3.63, 3.8) is 0 Å². The zero-order valence-electron chi connectivity index (χ0n) is 14.9. The topological polar surface area (TPSA) is 75.7 Å². The van der Waals surface area contributed by atoms with Gasteiger partial charge in [-0.15, -0.1) is 0 Å². The van der Waals surface area contributed by atoms with Gasteiger partial charge in [-0.3, -0.25) is 4.79 Å². The Balaban J connectivity index is 1.71. The molecule has 2 aromatic carbocycles. The molecule has 28 heavy (non-hydrogen) atoms. The van der Waals surface area contributed by atoms with Gasteiger partial charge in [0.2, 0.25) is 15.9 Å². The second kappa shape index (κ2) is 8.66. The third-order valence-electron chi connectivity index (χ3n) is 4.50. The molecule has 0 saturated carbocycles. The van der Waals surface area contributed by atoms with Crippen LogP contribution in [0.3, 0.4) is 0 Å². The van der Waals surface area contributed by atoms with E-state index in [1.165, 1.54) is 22.5 Å². The number of halogens is 2. The first-order valence-electron chi connectivity index (χ1n) is 8.77. The molecule has 1 amide bonds. The highest BCUT2D eigenvalue weighted by atomic mass is 32.2. The molecule has 1 aliphatic rings. The summed E-state index contributed by atoms with van der Waals surface area (Å²) in [6.07, 6.45) is 0.961. The molecule has 1 fully saturated rings. The maximum Gasteiger partial charge on any atom is 0.387 e. The number of nitrogens with zero attached hydrogens (tertiary/aromatic N) is 1. The van der Waals surface area contributed by atoms with Crippen LogP contribution >= 0.6 is 0 Å². The fourth-order valence-corrected chi connectivity index (χ4v) is 4.86. The van der Waals surface area contributed by atoms with Gasteiger partial charge in [-0.1, -0.05) is 36.4 Å². The first kappa shape index (κ1) is 20.2. The number of carbonyl (C=O) groups is 1. The van der Waals surface area contributed by atoms with Gasteiger partial charge in [0.1, 0.15) is 11.8 Å². The van der Waals surface area contributed by atoms with Crippen LogP contribution < -0.4 is 10.1 Å². The fourth-order valence-electron chi connectivity index (χ4n) is 3.18. The van der Waals surface area contributed by atoms with E-state index in [1.54, 1.807) is 36.4 Å². The molecule has 1 heterocycles. The number of sulfonamides is 1. The van der Waals surface area contributed by atoms with E-state index in [4.69, 9.17) is 0 Å². The van der Waals surface area contributed by atoms with E-state index < -0.39 is 28.6 Å². The minimum absolute atomic E-state index is 0.0296. The minimum atomic E-state index is -3.79. The highest BCUT2D eigenvalue weighted by molar-refractivity contribution is 7.89. The van der Waals surface area contributed by atoms with Crippen LogP contribution in [0.1, 0.15) is 18.4 Å². The molecule has 0 radical (unpaired) electrons. The smallest absolute Gasteiger partial charge is 0.387 e. The third kappa shape index (κ3) is 4.48. The number of hydrogen-bond acceptors (Lipinski definition) is 4. The lowest BCUT2D eigenvalue weighted by molar-refractivity contribution is -0.124. The van der Waals surface area contributed by atoms with Crippen molar-refractivity contribution in [3.05, 3.63) is 60.2 Å². The summed E-state index contributed by atoms with van der Waals surface area (Å²) in [5.41, 5.74) is 0.381. The first-order chi connectivity index (χ1) is 13.4. The molecule has 0 aromatic heterocycles. The van der Waals surface area contributed by atoms with Crippen molar-refractivity contribution in [1.29, 1.82) is 0 Å². The van der Waals surface area contributed by atoms with E-state index in [-0.39, 0.29) is 23.7 Å². The van der Waals surface area contributed by atoms with Crippen LogP contribution in [0.15, 0.2) is 59.5 Å². The first-order valence-corrected chi connectivity index (χ1v) is 10.2. The summed E-state index contributed by atoms with van der Waals surface area (Å²) < 4.78 is 56.3. The molecule has 150 valence electrons. The van der Waals surface area contributed by atoms with Gasteiger partial charge in [-0.25, -0.2) is 8.42 Å². The summed E-state index contributed by atoms with van der Waals surface area (Å²) in [5, 5.41) is 2.64. The van der Waals surface area contributed by atoms with Crippen molar-refractivity contribution in [3.8, 4) is 5.75 Å². The van der Waals surface area contributed by atoms with Crippen molar-refractivity contribution in [2.45, 2.75) is 36.9 Å². The van der Waals surface area contributed by atoms with Gasteiger partial charge in [0.25, 0.3) is 0 Å². The molecule has 0 unspecified atom stereocenters. The average Bonchev–Trinajstić information content (AvgIpc) is 3.18. The SMILES string of the molecule is O=C(NCc1ccccc1OC(F)F)[C@@H]1CCCN1S(=O)(=O)c1ccccc1. The normalized spacial score (nSPS) is 17.6. The van der Waals surface area contributed by atoms with E-state index in [0.29, 0.717) is 18.4 Å². The molecule has 1 atom stereocenters. The van der Waals surface area contributed by atoms with E-state index in [9.17, 15) is 22.0 Å². The lowest BCUT2D eigenvalue weighted by Gasteiger charge is -2.23. The number of carbonyl (C=O) groups excluding carboxylic acids is 1. The number of hydrogen-bond donors (Lipinski definition) is 1. The lowest BCUT2D eigenvalue weighted by atomic mass is 10.2. The van der Waals surface area contributed by atoms with Crippen molar-refractivity contribution in [1.82, 2.24) is 9.62 Å². The zero-order valence-corrected chi connectivity index (χ0v) is 15.7. The van der Waals surface area contributed by atoms with Crippen molar-refractivity contribution < 1.29 is 26.7 Å². The van der Waals surface area contributed by atoms with Gasteiger partial charge in [-0.2, -0.15) is 13.1 Å². The van der Waals surface area contributed by atoms with Gasteiger partial charge in [0, 0.05) is 18.7 Å². The highest BCUT2D eigenvalue weighted by Gasteiger charge is 2.39. The second-order valence-electron chi connectivity index (χ2n) is 6.29. The summed E-state index contributed by atoms with van der Waals surface area (Å²) in [6.45, 7) is -2.77. The molecule has 3 rings (SSSR count). The van der Waals surface area contributed by atoms with Crippen LogP contribution in [0, 0.1) is 0 Å². The van der Waals surface area contributed by atoms with Gasteiger partial charge >= 0.3 is 6.61 Å². The Labute approximate surface area is 162 Å². The van der Waals surface area contributed by atoms with E-state index in [0.717, 1.165) is 0 Å². The predicted octanol–water partition coefficient (Wildman–Crippen LogP) is 2.76. The Kier molecular flexibility index (Phi) is 6.25. The van der Waals surface area contributed by atoms with E-state index in [1.807, 2.05) is 0 Å². The van der Waals surface area contributed by atoms with Crippen LogP contribution in [0.2, 0.25) is 0 Å².